The van der Waals surface area contributed by atoms with Gasteiger partial charge in [-0.25, -0.2) is 38.4 Å². The third-order valence-electron chi connectivity index (χ3n) is 22.6. The summed E-state index contributed by atoms with van der Waals surface area (Å²) >= 11 is 0. The van der Waals surface area contributed by atoms with Crippen LogP contribution in [0.15, 0.2) is 121 Å². The number of nitriles is 1. The number of ether oxygens (including phenoxy) is 9. The normalized spacial score (nSPS) is 18.3. The zero-order valence-corrected chi connectivity index (χ0v) is 85.4. The highest BCUT2D eigenvalue weighted by Gasteiger charge is 2.38. The van der Waals surface area contributed by atoms with E-state index in [9.17, 15) is 82.0 Å². The largest absolute Gasteiger partial charge is 0.480 e. The van der Waals surface area contributed by atoms with Gasteiger partial charge in [-0.05, 0) is 189 Å². The number of nitrogens with zero attached hydrogens (tertiary/aromatic N) is 1. The Bertz CT molecular complexity index is 4610. The third kappa shape index (κ3) is 53.7. The number of nitrogens with one attached hydrogen (secondary N) is 12. The van der Waals surface area contributed by atoms with E-state index in [-0.39, 0.29) is 123 Å². The van der Waals surface area contributed by atoms with Crippen LogP contribution in [-0.4, -0.2) is 226 Å². The molecule has 1 unspecified atom stereocenters. The number of carboxylic acid groups (broad SMARTS) is 1. The molecule has 6 aliphatic heterocycles. The molecule has 6 heterocycles. The van der Waals surface area contributed by atoms with Crippen LogP contribution in [0.25, 0.3) is 0 Å². The minimum atomic E-state index is -1.05. The SMILES string of the molecule is C1CCOC1.CC(C)C[C@H](NC(=O)OCc1ccccc1)C(=O)N[C@@H](C[C@@H]1CCCNC1=O)C(N)=O.CC(C)C[C@H](NC(=O)OCc1ccccc1)C(=O)N[C@H](C#N)C[C@@H]1CCCNC1=O.CC(C)C[C@H](NC(=O)OCc1ccccc1)C(=O)O.COC(=O)[C@H](C[C@@H]1CCCNC1=O)NC(=O)OC(C)(C)C.COC(=O)[C@H](C[C@@H]1CCCNC1=O)NC(=O)[C@H](CC(C)C)NC(=O)OCc1ccccc1.OC1CCCO1. The molecule has 6 aliphatic rings. The molecule has 0 aliphatic carbocycles. The summed E-state index contributed by atoms with van der Waals surface area (Å²) in [4.78, 5) is 193. The van der Waals surface area contributed by atoms with Gasteiger partial charge in [0.15, 0.2) is 6.29 Å². The number of aliphatic carboxylic acids is 1. The minimum absolute atomic E-state index is 0.0728. The van der Waals surface area contributed by atoms with Crippen molar-refractivity contribution in [2.45, 2.75) is 291 Å². The first kappa shape index (κ1) is 123. The van der Waals surface area contributed by atoms with E-state index in [1.165, 1.54) is 27.1 Å². The van der Waals surface area contributed by atoms with Crippen molar-refractivity contribution in [1.82, 2.24) is 63.8 Å². The number of hydrogen-bond acceptors (Lipinski definition) is 27. The number of esters is 2. The Kier molecular flexibility index (Phi) is 58.9. The van der Waals surface area contributed by atoms with E-state index in [1.54, 1.807) is 20.8 Å². The van der Waals surface area contributed by atoms with Gasteiger partial charge in [-0.2, -0.15) is 5.26 Å². The summed E-state index contributed by atoms with van der Waals surface area (Å²) in [6.07, 6.45) is 8.54. The number of aliphatic hydroxyl groups excluding tert-OH is 1. The Morgan fingerprint density at radius 3 is 0.944 bits per heavy atom. The number of carbonyl (C=O) groups is 16. The molecule has 10 rings (SSSR count). The van der Waals surface area contributed by atoms with Crippen LogP contribution in [0.5, 0.6) is 0 Å². The van der Waals surface area contributed by atoms with E-state index < -0.39 is 132 Å². The van der Waals surface area contributed by atoms with Crippen molar-refractivity contribution in [3.05, 3.63) is 144 Å². The highest BCUT2D eigenvalue weighted by molar-refractivity contribution is 5.93. The van der Waals surface area contributed by atoms with Gasteiger partial charge in [-0.3, -0.25) is 38.4 Å². The van der Waals surface area contributed by atoms with E-state index in [0.29, 0.717) is 77.5 Å². The Balaban J connectivity index is 0.000000368. The molecule has 6 saturated heterocycles. The predicted molar refractivity (Wildman–Crippen MR) is 530 cm³/mol. The summed E-state index contributed by atoms with van der Waals surface area (Å²) in [5, 5.41) is 58.5. The lowest BCUT2D eigenvalue weighted by Crippen LogP contribution is -2.54. The molecule has 798 valence electrons. The fourth-order valence-electron chi connectivity index (χ4n) is 15.2. The summed E-state index contributed by atoms with van der Waals surface area (Å²) in [5.74, 6) is -5.84. The Hall–Kier alpha value is -13.2. The summed E-state index contributed by atoms with van der Waals surface area (Å²) < 4.78 is 44.9. The van der Waals surface area contributed by atoms with Gasteiger partial charge in [0.25, 0.3) is 0 Å². The van der Waals surface area contributed by atoms with E-state index in [4.69, 9.17) is 53.8 Å². The topological polar surface area (TPSA) is 591 Å². The van der Waals surface area contributed by atoms with Gasteiger partial charge in [0.2, 0.25) is 47.3 Å². The van der Waals surface area contributed by atoms with E-state index >= 15 is 0 Å². The van der Waals surface area contributed by atoms with E-state index in [2.05, 4.69) is 74.6 Å². The number of methoxy groups -OCH3 is 2. The summed E-state index contributed by atoms with van der Waals surface area (Å²) in [6, 6.07) is 31.7. The number of aliphatic hydroxyl groups is 1. The first-order valence-electron chi connectivity index (χ1n) is 49.4. The number of piperidine rings is 4. The quantitative estimate of drug-likeness (QED) is 0.0146. The van der Waals surface area contributed by atoms with E-state index in [1.807, 2.05) is 177 Å². The van der Waals surface area contributed by atoms with Crippen molar-refractivity contribution in [1.29, 1.82) is 5.26 Å². The number of carboxylic acids is 1. The predicted octanol–water partition coefficient (Wildman–Crippen LogP) is 9.66. The average molecular weight is 2020 g/mol. The standard InChI is InChI=1S/C23H33N3O6.C22H32N4O5.C22H30N4O4.C14H24N2O5.C14H19NO4.C4H8O2.C4H8O/c1-15(2)12-18(26-23(30)32-14-16-8-5-4-6-9-16)21(28)25-19(22(29)31-3)13-17-10-7-11-24-20(17)27;1-14(2)11-18(26-22(30)31-13-15-7-4-3-5-8-15)21(29)25-17(19(23)27)12-16-9-6-10-24-20(16)28;1-15(2)11-19(26-22(29)30-14-16-7-4-3-5-8-16)21(28)25-18(13-23)12-17-9-6-10-24-20(17)27;1-14(2,3)21-13(19)16-10(12(18)20-4)8-9-6-5-7-15-11(9)17;1-10(2)8-12(13(16)17)15-14(18)19-9-11-6-4-3-5-7-11;5-4-2-1-3-6-4;1-2-4-5-3-1/h4-6,8-9,15,17-19H,7,10-14H2,1-3H3,(H,24,27)(H,25,28)(H,26,30);3-5,7-8,14,16-18H,6,9-13H2,1-2H3,(H2,23,27)(H,24,28)(H,25,29)(H,26,30);3-5,7-8,15,17-19H,6,9-12,14H2,1-2H3,(H,24,27)(H,25,28)(H,26,29);9-10H,5-8H2,1-4H3,(H,15,17)(H,16,19);3-7,10,12H,8-9H2,1-2H3,(H,15,18)(H,16,17);4-5H,1-3H2;1-4H2/t17-,18-,19-;16-,17-,18-;17-,18-,19-;9-,10-;12-;;/m00000../s1. The maximum Gasteiger partial charge on any atom is 0.408 e. The van der Waals surface area contributed by atoms with Crippen LogP contribution in [0.4, 0.5) is 24.0 Å². The second-order valence-electron chi connectivity index (χ2n) is 38.1. The number of benzene rings is 4. The zero-order valence-electron chi connectivity index (χ0n) is 85.4. The monoisotopic (exact) mass is 2020 g/mol. The van der Waals surface area contributed by atoms with Gasteiger partial charge in [-0.15, -0.1) is 0 Å². The zero-order chi connectivity index (χ0) is 106. The summed E-state index contributed by atoms with van der Waals surface area (Å²) in [5.41, 5.74) is 8.15. The molecule has 4 aromatic carbocycles. The molecule has 0 spiro atoms. The van der Waals surface area contributed by atoms with Crippen LogP contribution in [0.1, 0.15) is 227 Å². The maximum absolute atomic E-state index is 13.0. The van der Waals surface area contributed by atoms with Crippen LogP contribution in [0.2, 0.25) is 0 Å². The Labute approximate surface area is 844 Å². The molecule has 6 fully saturated rings. The van der Waals surface area contributed by atoms with Gasteiger partial charge in [0.1, 0.15) is 80.4 Å². The van der Waals surface area contributed by atoms with Crippen molar-refractivity contribution >= 4 is 95.6 Å². The molecule has 0 radical (unpaired) electrons. The molecule has 0 aromatic heterocycles. The number of nitrogens with two attached hydrogens (primary N) is 1. The van der Waals surface area contributed by atoms with Gasteiger partial charge in [-0.1, -0.05) is 177 Å². The lowest BCUT2D eigenvalue weighted by atomic mass is 9.91. The van der Waals surface area contributed by atoms with Gasteiger partial charge in [0, 0.05) is 76.1 Å². The number of amides is 13. The van der Waals surface area contributed by atoms with Crippen LogP contribution < -0.4 is 69.5 Å². The molecular weight excluding hydrogens is 1870 g/mol. The van der Waals surface area contributed by atoms with Crippen molar-refractivity contribution < 1.29 is 130 Å². The highest BCUT2D eigenvalue weighted by Crippen LogP contribution is 2.25. The lowest BCUT2D eigenvalue weighted by molar-refractivity contribution is -0.146. The minimum Gasteiger partial charge on any atom is -0.480 e. The van der Waals surface area contributed by atoms with Crippen molar-refractivity contribution in [3.8, 4) is 6.07 Å². The number of carbonyl (C=O) groups excluding carboxylic acids is 15. The van der Waals surface area contributed by atoms with Crippen LogP contribution in [0.3, 0.4) is 0 Å². The van der Waals surface area contributed by atoms with Crippen LogP contribution in [-0.2, 0) is 122 Å². The second-order valence-corrected chi connectivity index (χ2v) is 38.1. The third-order valence-corrected chi connectivity index (χ3v) is 22.6. The summed E-state index contributed by atoms with van der Waals surface area (Å²) in [6.45, 7) is 26.1. The Morgan fingerprint density at radius 2 is 0.688 bits per heavy atom. The smallest absolute Gasteiger partial charge is 0.408 e. The van der Waals surface area contributed by atoms with E-state index in [0.717, 1.165) is 80.6 Å². The fourth-order valence-corrected chi connectivity index (χ4v) is 15.2. The molecule has 16 N–H and O–H groups in total. The van der Waals surface area contributed by atoms with Gasteiger partial charge >= 0.3 is 48.4 Å². The first-order valence-corrected chi connectivity index (χ1v) is 49.4. The maximum atomic E-state index is 13.0. The molecular formula is C103H154N14O27. The van der Waals surface area contributed by atoms with Gasteiger partial charge < -0.3 is 122 Å². The molecule has 0 bridgehead atoms. The Morgan fingerprint density at radius 1 is 0.396 bits per heavy atom. The average Bonchev–Trinajstić information content (AvgIpc) is 0.961. The molecule has 0 saturated carbocycles. The highest BCUT2D eigenvalue weighted by atomic mass is 16.6. The molecule has 144 heavy (non-hydrogen) atoms. The van der Waals surface area contributed by atoms with Crippen LogP contribution in [0, 0.1) is 58.7 Å². The molecule has 4 aromatic rings. The fraction of sp³-hybridized carbons (Fsp3) is 0.602. The van der Waals surface area contributed by atoms with Crippen LogP contribution >= 0.6 is 0 Å². The number of alkyl carbamates (subject to hydrolysis) is 5. The van der Waals surface area contributed by atoms with Crippen molar-refractivity contribution in [2.24, 2.45) is 53.1 Å². The number of rotatable bonds is 39. The van der Waals surface area contributed by atoms with Gasteiger partial charge in [0.05, 0.1) is 20.3 Å². The van der Waals surface area contributed by atoms with Crippen molar-refractivity contribution in [2.75, 3.05) is 60.2 Å². The van der Waals surface area contributed by atoms with Crippen molar-refractivity contribution in [3.63, 3.8) is 0 Å². The number of hydrogen-bond donors (Lipinski definition) is 15. The molecule has 41 nitrogen and oxygen atoms in total. The molecule has 41 heteroatoms. The lowest BCUT2D eigenvalue weighted by Gasteiger charge is -2.27. The summed E-state index contributed by atoms with van der Waals surface area (Å²) in [7, 11) is 2.47. The molecule has 13 atom stereocenters. The molecule has 13 amide bonds. The first-order chi connectivity index (χ1) is 68.5. The number of primary amides is 1. The second kappa shape index (κ2) is 68.9.